The number of benzene rings is 2. The molecule has 0 spiro atoms. The molecule has 5 heteroatoms. The van der Waals surface area contributed by atoms with Crippen molar-refractivity contribution < 1.29 is 14.0 Å². The van der Waals surface area contributed by atoms with Crippen molar-refractivity contribution in [2.75, 3.05) is 11.5 Å². The molecule has 5 nitrogen and oxygen atoms in total. The molecule has 190 valence electrons. The van der Waals surface area contributed by atoms with E-state index in [1.165, 1.54) is 16.7 Å². The van der Waals surface area contributed by atoms with Gasteiger partial charge >= 0.3 is 0 Å². The van der Waals surface area contributed by atoms with Crippen molar-refractivity contribution in [2.24, 2.45) is 0 Å². The molecule has 0 bridgehead atoms. The lowest BCUT2D eigenvalue weighted by atomic mass is 9.96. The maximum Gasteiger partial charge on any atom is 0.180 e. The van der Waals surface area contributed by atoms with Crippen LogP contribution in [0.3, 0.4) is 0 Å². The van der Waals surface area contributed by atoms with Gasteiger partial charge in [0.15, 0.2) is 17.3 Å². The lowest BCUT2D eigenvalue weighted by molar-refractivity contribution is 0.146. The summed E-state index contributed by atoms with van der Waals surface area (Å²) in [5, 5.41) is 4.38. The highest BCUT2D eigenvalue weighted by Gasteiger charge is 2.33. The minimum absolute atomic E-state index is 0.0543. The second kappa shape index (κ2) is 11.5. The van der Waals surface area contributed by atoms with Crippen molar-refractivity contribution in [3.63, 3.8) is 0 Å². The number of aromatic nitrogens is 1. The van der Waals surface area contributed by atoms with Gasteiger partial charge in [-0.25, -0.2) is 0 Å². The van der Waals surface area contributed by atoms with E-state index in [9.17, 15) is 0 Å². The first-order valence-corrected chi connectivity index (χ1v) is 13.1. The zero-order valence-electron chi connectivity index (χ0n) is 22.4. The molecule has 0 amide bonds. The Morgan fingerprint density at radius 2 is 1.78 bits per heavy atom. The number of hydrogen-bond donors (Lipinski definition) is 0. The Morgan fingerprint density at radius 1 is 1.00 bits per heavy atom. The van der Waals surface area contributed by atoms with Crippen molar-refractivity contribution in [3.8, 4) is 11.1 Å². The van der Waals surface area contributed by atoms with Crippen LogP contribution in [0.4, 0.5) is 5.82 Å². The smallest absolute Gasteiger partial charge is 0.180 e. The lowest BCUT2D eigenvalue weighted by Gasteiger charge is -2.37. The van der Waals surface area contributed by atoms with E-state index in [2.05, 4.69) is 92.4 Å². The van der Waals surface area contributed by atoms with E-state index in [-0.39, 0.29) is 6.04 Å². The molecule has 1 aromatic heterocycles. The van der Waals surface area contributed by atoms with Crippen LogP contribution in [-0.2, 0) is 22.5 Å². The Bertz CT molecular complexity index is 1240. The van der Waals surface area contributed by atoms with E-state index < -0.39 is 0 Å². The minimum atomic E-state index is -0.0543. The van der Waals surface area contributed by atoms with Gasteiger partial charge in [0.25, 0.3) is 0 Å². The Kier molecular flexibility index (Phi) is 8.19. The molecule has 2 heterocycles. The van der Waals surface area contributed by atoms with Crippen LogP contribution in [0.2, 0.25) is 0 Å². The van der Waals surface area contributed by atoms with Crippen LogP contribution >= 0.6 is 0 Å². The van der Waals surface area contributed by atoms with Crippen LogP contribution in [0.5, 0.6) is 0 Å². The van der Waals surface area contributed by atoms with Gasteiger partial charge in [-0.15, -0.1) is 0 Å². The number of aryl methyl sites for hydroxylation is 2. The average Bonchev–Trinajstić information content (AvgIpc) is 3.22. The molecule has 4 rings (SSSR count). The molecule has 2 aromatic carbocycles. The summed E-state index contributed by atoms with van der Waals surface area (Å²) in [6.45, 7) is 13.6. The molecule has 1 aliphatic rings. The van der Waals surface area contributed by atoms with E-state index in [4.69, 9.17) is 14.0 Å². The first kappa shape index (κ1) is 25.6. The van der Waals surface area contributed by atoms with Gasteiger partial charge in [0.05, 0.1) is 12.6 Å². The SMILES string of the molecule is CCCC1=CC(OCc2ccc(-c3ccccc3)c(CC)c2)=C(OCC)C(C)N1c1noc(C)c1C. The highest BCUT2D eigenvalue weighted by atomic mass is 16.5. The van der Waals surface area contributed by atoms with Crippen LogP contribution in [0.25, 0.3) is 11.1 Å². The van der Waals surface area contributed by atoms with Crippen molar-refractivity contribution >= 4 is 5.82 Å². The predicted molar refractivity (Wildman–Crippen MR) is 146 cm³/mol. The van der Waals surface area contributed by atoms with Gasteiger partial charge in [-0.2, -0.15) is 0 Å². The molecule has 1 unspecified atom stereocenters. The van der Waals surface area contributed by atoms with Crippen molar-refractivity contribution in [1.29, 1.82) is 0 Å². The second-order valence-corrected chi connectivity index (χ2v) is 9.28. The molecular weight excluding hydrogens is 448 g/mol. The molecule has 0 saturated heterocycles. The van der Waals surface area contributed by atoms with E-state index in [0.29, 0.717) is 13.2 Å². The zero-order valence-corrected chi connectivity index (χ0v) is 22.4. The van der Waals surface area contributed by atoms with Gasteiger partial charge in [0.2, 0.25) is 0 Å². The van der Waals surface area contributed by atoms with Gasteiger partial charge in [0.1, 0.15) is 12.4 Å². The Hall–Kier alpha value is -3.47. The van der Waals surface area contributed by atoms with Crippen molar-refractivity contribution in [2.45, 2.75) is 73.5 Å². The largest absolute Gasteiger partial charge is 0.492 e. The van der Waals surface area contributed by atoms with E-state index in [1.54, 1.807) is 0 Å². The summed E-state index contributed by atoms with van der Waals surface area (Å²) in [5.74, 6) is 3.31. The number of rotatable bonds is 10. The predicted octanol–water partition coefficient (Wildman–Crippen LogP) is 7.88. The molecule has 3 aromatic rings. The molecule has 0 N–H and O–H groups in total. The Morgan fingerprint density at radius 3 is 2.42 bits per heavy atom. The summed E-state index contributed by atoms with van der Waals surface area (Å²) < 4.78 is 18.1. The van der Waals surface area contributed by atoms with Gasteiger partial charge < -0.3 is 18.9 Å². The standard InChI is InChI=1S/C31H38N2O3/c1-7-13-27-19-29(30(34-9-3)22(5)33(27)31-21(4)23(6)36-32-31)35-20-24-16-17-28(25(8-2)18-24)26-14-11-10-12-15-26/h10-12,14-19,22H,7-9,13,20H2,1-6H3. The maximum absolute atomic E-state index is 6.45. The summed E-state index contributed by atoms with van der Waals surface area (Å²) in [7, 11) is 0. The zero-order chi connectivity index (χ0) is 25.7. The van der Waals surface area contributed by atoms with Crippen LogP contribution in [0, 0.1) is 13.8 Å². The van der Waals surface area contributed by atoms with Gasteiger partial charge in [-0.05, 0) is 62.8 Å². The molecule has 0 aliphatic carbocycles. The van der Waals surface area contributed by atoms with Crippen LogP contribution in [0.1, 0.15) is 63.0 Å². The number of ether oxygens (including phenoxy) is 2. The fourth-order valence-electron chi connectivity index (χ4n) is 4.81. The van der Waals surface area contributed by atoms with Gasteiger partial charge in [-0.3, -0.25) is 0 Å². The highest BCUT2D eigenvalue weighted by molar-refractivity contribution is 5.67. The number of anilines is 1. The molecule has 1 atom stereocenters. The van der Waals surface area contributed by atoms with E-state index in [0.717, 1.165) is 59.2 Å². The third-order valence-corrected chi connectivity index (χ3v) is 6.81. The van der Waals surface area contributed by atoms with Crippen molar-refractivity contribution in [3.05, 3.63) is 94.3 Å². The van der Waals surface area contributed by atoms with E-state index in [1.807, 2.05) is 13.8 Å². The number of hydrogen-bond acceptors (Lipinski definition) is 5. The fourth-order valence-corrected chi connectivity index (χ4v) is 4.81. The minimum Gasteiger partial charge on any atom is -0.492 e. The lowest BCUT2D eigenvalue weighted by Crippen LogP contribution is -2.39. The Labute approximate surface area is 215 Å². The van der Waals surface area contributed by atoms with Crippen molar-refractivity contribution in [1.82, 2.24) is 5.16 Å². The molecular formula is C31H38N2O3. The Balaban J connectivity index is 1.63. The molecule has 36 heavy (non-hydrogen) atoms. The first-order chi connectivity index (χ1) is 17.5. The van der Waals surface area contributed by atoms with Gasteiger partial charge in [-0.1, -0.05) is 74.0 Å². The monoisotopic (exact) mass is 486 g/mol. The summed E-state index contributed by atoms with van der Waals surface area (Å²) in [4.78, 5) is 2.23. The first-order valence-electron chi connectivity index (χ1n) is 13.1. The second-order valence-electron chi connectivity index (χ2n) is 9.28. The number of allylic oxidation sites excluding steroid dienone is 2. The third kappa shape index (κ3) is 5.20. The number of nitrogens with zero attached hydrogens (tertiary/aromatic N) is 2. The molecule has 0 fully saturated rings. The topological polar surface area (TPSA) is 47.7 Å². The van der Waals surface area contributed by atoms with Crippen LogP contribution in [0.15, 0.2) is 76.3 Å². The fraction of sp³-hybridized carbons (Fsp3) is 0.387. The summed E-state index contributed by atoms with van der Waals surface area (Å²) in [6.07, 6.45) is 5.02. The third-order valence-electron chi connectivity index (χ3n) is 6.81. The van der Waals surface area contributed by atoms with Crippen LogP contribution < -0.4 is 4.90 Å². The highest BCUT2D eigenvalue weighted by Crippen LogP contribution is 2.37. The quantitative estimate of drug-likeness (QED) is 0.292. The van der Waals surface area contributed by atoms with Gasteiger partial charge in [0, 0.05) is 17.3 Å². The average molecular weight is 487 g/mol. The summed E-state index contributed by atoms with van der Waals surface area (Å²) in [6, 6.07) is 17.1. The summed E-state index contributed by atoms with van der Waals surface area (Å²) in [5.41, 5.74) is 7.21. The molecule has 0 saturated carbocycles. The normalized spacial score (nSPS) is 15.8. The van der Waals surface area contributed by atoms with E-state index >= 15 is 0 Å². The molecule has 0 radical (unpaired) electrons. The summed E-state index contributed by atoms with van der Waals surface area (Å²) >= 11 is 0. The molecule has 1 aliphatic heterocycles. The van der Waals surface area contributed by atoms with Crippen LogP contribution in [-0.4, -0.2) is 17.8 Å². The maximum atomic E-state index is 6.45.